The van der Waals surface area contributed by atoms with Gasteiger partial charge in [0.05, 0.1) is 6.10 Å². The van der Waals surface area contributed by atoms with Crippen LogP contribution in [0.5, 0.6) is 0 Å². The van der Waals surface area contributed by atoms with Crippen LogP contribution in [0.3, 0.4) is 0 Å². The van der Waals surface area contributed by atoms with Gasteiger partial charge in [-0.1, -0.05) is 37.8 Å². The van der Waals surface area contributed by atoms with Crippen molar-refractivity contribution in [2.24, 2.45) is 0 Å². The number of hydrogen-bond donors (Lipinski definition) is 1. The number of carbonyl (C=O) groups is 1. The van der Waals surface area contributed by atoms with Gasteiger partial charge in [0.1, 0.15) is 6.29 Å². The van der Waals surface area contributed by atoms with Crippen LogP contribution in [-0.4, -0.2) is 17.5 Å². The van der Waals surface area contributed by atoms with E-state index in [1.165, 1.54) is 6.42 Å². The van der Waals surface area contributed by atoms with Gasteiger partial charge >= 0.3 is 0 Å². The van der Waals surface area contributed by atoms with Gasteiger partial charge in [-0.2, -0.15) is 0 Å². The average molecular weight is 184 g/mol. The lowest BCUT2D eigenvalue weighted by atomic mass is 10.1. The second-order valence-electron chi connectivity index (χ2n) is 3.45. The first kappa shape index (κ1) is 12.4. The molecule has 0 fully saturated rings. The van der Waals surface area contributed by atoms with Crippen molar-refractivity contribution >= 4 is 6.29 Å². The Hall–Kier alpha value is -0.630. The van der Waals surface area contributed by atoms with Crippen molar-refractivity contribution in [2.45, 2.75) is 52.1 Å². The monoisotopic (exact) mass is 184 g/mol. The summed E-state index contributed by atoms with van der Waals surface area (Å²) in [6.45, 7) is 4.01. The minimum atomic E-state index is -0.369. The molecule has 0 saturated heterocycles. The van der Waals surface area contributed by atoms with Gasteiger partial charge in [-0.15, -0.1) is 0 Å². The van der Waals surface area contributed by atoms with Crippen LogP contribution < -0.4 is 0 Å². The predicted octanol–water partition coefficient (Wildman–Crippen LogP) is 2.46. The average Bonchev–Trinajstić information content (AvgIpc) is 2.05. The molecule has 0 aromatic carbocycles. The lowest BCUT2D eigenvalue weighted by molar-refractivity contribution is -0.107. The van der Waals surface area contributed by atoms with Gasteiger partial charge < -0.3 is 9.90 Å². The number of rotatable bonds is 7. The normalized spacial score (nSPS) is 14.2. The molecular formula is C11H20O2. The molecule has 0 aromatic heterocycles. The van der Waals surface area contributed by atoms with E-state index in [1.807, 2.05) is 6.92 Å². The fourth-order valence-electron chi connectivity index (χ4n) is 1.21. The number of unbranched alkanes of at least 4 members (excludes halogenated alkanes) is 2. The van der Waals surface area contributed by atoms with Crippen LogP contribution in [0.1, 0.15) is 46.0 Å². The fraction of sp³-hybridized carbons (Fsp3) is 0.727. The Kier molecular flexibility index (Phi) is 7.60. The zero-order chi connectivity index (χ0) is 10.1. The third-order valence-corrected chi connectivity index (χ3v) is 1.99. The summed E-state index contributed by atoms with van der Waals surface area (Å²) in [6.07, 6.45) is 6.92. The molecule has 0 amide bonds. The quantitative estimate of drug-likeness (QED) is 0.375. The summed E-state index contributed by atoms with van der Waals surface area (Å²) in [6, 6.07) is 0. The minimum Gasteiger partial charge on any atom is -0.389 e. The molecule has 0 aliphatic heterocycles. The van der Waals surface area contributed by atoms with Crippen LogP contribution in [0.15, 0.2) is 11.6 Å². The summed E-state index contributed by atoms with van der Waals surface area (Å²) in [5, 5.41) is 9.48. The maximum Gasteiger partial charge on any atom is 0.124 e. The molecule has 1 unspecified atom stereocenters. The molecule has 0 bridgehead atoms. The van der Waals surface area contributed by atoms with Crippen LogP contribution in [0, 0.1) is 0 Å². The summed E-state index contributed by atoms with van der Waals surface area (Å²) < 4.78 is 0. The number of aliphatic hydroxyl groups excluding tert-OH is 1. The van der Waals surface area contributed by atoms with Crippen molar-refractivity contribution in [1.82, 2.24) is 0 Å². The largest absolute Gasteiger partial charge is 0.389 e. The molecule has 13 heavy (non-hydrogen) atoms. The molecule has 0 heterocycles. The van der Waals surface area contributed by atoms with E-state index in [0.717, 1.165) is 31.1 Å². The number of hydrogen-bond acceptors (Lipinski definition) is 2. The number of carbonyl (C=O) groups excluding carboxylic acids is 1. The van der Waals surface area contributed by atoms with Crippen molar-refractivity contribution in [2.75, 3.05) is 0 Å². The molecule has 0 rings (SSSR count). The standard InChI is InChI=1S/C11H20O2/c1-3-4-5-6-11(13)9-10(2)7-8-12/h8-9,11,13H,3-7H2,1-2H3. The predicted molar refractivity (Wildman–Crippen MR) is 54.6 cm³/mol. The van der Waals surface area contributed by atoms with Gasteiger partial charge in [0, 0.05) is 6.42 Å². The Morgan fingerprint density at radius 3 is 2.69 bits per heavy atom. The Labute approximate surface area is 80.7 Å². The first-order chi connectivity index (χ1) is 6.20. The van der Waals surface area contributed by atoms with Gasteiger partial charge in [-0.05, 0) is 13.3 Å². The van der Waals surface area contributed by atoms with Gasteiger partial charge in [0.2, 0.25) is 0 Å². The molecule has 0 aliphatic carbocycles. The van der Waals surface area contributed by atoms with Crippen molar-refractivity contribution in [3.05, 3.63) is 11.6 Å². The van der Waals surface area contributed by atoms with E-state index < -0.39 is 0 Å². The lowest BCUT2D eigenvalue weighted by Crippen LogP contribution is -2.02. The van der Waals surface area contributed by atoms with Crippen LogP contribution in [0.2, 0.25) is 0 Å². The molecule has 2 nitrogen and oxygen atoms in total. The highest BCUT2D eigenvalue weighted by Crippen LogP contribution is 2.07. The fourth-order valence-corrected chi connectivity index (χ4v) is 1.21. The number of allylic oxidation sites excluding steroid dienone is 1. The van der Waals surface area contributed by atoms with E-state index >= 15 is 0 Å². The Balaban J connectivity index is 3.63. The van der Waals surface area contributed by atoms with Gasteiger partial charge in [-0.25, -0.2) is 0 Å². The Morgan fingerprint density at radius 1 is 1.46 bits per heavy atom. The lowest BCUT2D eigenvalue weighted by Gasteiger charge is -2.05. The van der Waals surface area contributed by atoms with Crippen LogP contribution in [0.25, 0.3) is 0 Å². The SMILES string of the molecule is CCCCCC(O)C=C(C)CC=O. The third kappa shape index (κ3) is 7.72. The molecule has 76 valence electrons. The van der Waals surface area contributed by atoms with Crippen molar-refractivity contribution in [3.63, 3.8) is 0 Å². The topological polar surface area (TPSA) is 37.3 Å². The third-order valence-electron chi connectivity index (χ3n) is 1.99. The van der Waals surface area contributed by atoms with Crippen molar-refractivity contribution in [3.8, 4) is 0 Å². The van der Waals surface area contributed by atoms with E-state index in [0.29, 0.717) is 6.42 Å². The molecule has 0 radical (unpaired) electrons. The van der Waals surface area contributed by atoms with E-state index in [9.17, 15) is 9.90 Å². The van der Waals surface area contributed by atoms with E-state index in [-0.39, 0.29) is 6.10 Å². The highest BCUT2D eigenvalue weighted by atomic mass is 16.3. The molecule has 2 heteroatoms. The summed E-state index contributed by atoms with van der Waals surface area (Å²) in [5.74, 6) is 0. The molecule has 1 atom stereocenters. The summed E-state index contributed by atoms with van der Waals surface area (Å²) in [5.41, 5.74) is 0.957. The van der Waals surface area contributed by atoms with Gasteiger partial charge in [0.25, 0.3) is 0 Å². The zero-order valence-corrected chi connectivity index (χ0v) is 8.62. The smallest absolute Gasteiger partial charge is 0.124 e. The van der Waals surface area contributed by atoms with Crippen LogP contribution in [-0.2, 0) is 4.79 Å². The summed E-state index contributed by atoms with van der Waals surface area (Å²) >= 11 is 0. The number of aldehydes is 1. The van der Waals surface area contributed by atoms with Crippen LogP contribution >= 0.6 is 0 Å². The summed E-state index contributed by atoms with van der Waals surface area (Å²) in [7, 11) is 0. The highest BCUT2D eigenvalue weighted by Gasteiger charge is 1.99. The summed E-state index contributed by atoms with van der Waals surface area (Å²) in [4.78, 5) is 10.1. The second-order valence-corrected chi connectivity index (χ2v) is 3.45. The first-order valence-electron chi connectivity index (χ1n) is 4.99. The van der Waals surface area contributed by atoms with Gasteiger partial charge in [0.15, 0.2) is 0 Å². The van der Waals surface area contributed by atoms with E-state index in [2.05, 4.69) is 6.92 Å². The van der Waals surface area contributed by atoms with Crippen molar-refractivity contribution < 1.29 is 9.90 Å². The maximum absolute atomic E-state index is 10.1. The minimum absolute atomic E-state index is 0.369. The zero-order valence-electron chi connectivity index (χ0n) is 8.62. The molecule has 0 aliphatic rings. The molecular weight excluding hydrogens is 164 g/mol. The molecule has 0 aromatic rings. The number of aliphatic hydroxyl groups is 1. The highest BCUT2D eigenvalue weighted by molar-refractivity contribution is 5.53. The maximum atomic E-state index is 10.1. The molecule has 0 spiro atoms. The molecule has 1 N–H and O–H groups in total. The second kappa shape index (κ2) is 7.99. The first-order valence-corrected chi connectivity index (χ1v) is 4.99. The Morgan fingerprint density at radius 2 is 2.15 bits per heavy atom. The molecule has 0 saturated carbocycles. The Bertz CT molecular complexity index is 161. The van der Waals surface area contributed by atoms with Gasteiger partial charge in [-0.3, -0.25) is 0 Å². The van der Waals surface area contributed by atoms with E-state index in [4.69, 9.17) is 0 Å². The van der Waals surface area contributed by atoms with Crippen LogP contribution in [0.4, 0.5) is 0 Å². The van der Waals surface area contributed by atoms with E-state index in [1.54, 1.807) is 6.08 Å². The van der Waals surface area contributed by atoms with Crippen molar-refractivity contribution in [1.29, 1.82) is 0 Å².